The molecule has 1 aliphatic carbocycles. The molecule has 0 saturated carbocycles. The SMILES string of the molecule is CC(C)=CCCC(C)=CCCC(C)=CCCC(C)=CCCC(C)=CCCC(C)=CCCC(C)=CCCC(C)=CCCC(C)=CCCC(C)=CCC1=C(C)C(=O)C(CO)=C(CO)C1=O. The molecule has 4 heteroatoms. The summed E-state index contributed by atoms with van der Waals surface area (Å²) in [5.41, 5.74) is 15.3. The summed E-state index contributed by atoms with van der Waals surface area (Å²) in [5.74, 6) is -0.678. The number of rotatable bonds is 31. The van der Waals surface area contributed by atoms with Crippen LogP contribution in [-0.4, -0.2) is 35.0 Å². The highest BCUT2D eigenvalue weighted by Gasteiger charge is 2.30. The zero-order chi connectivity index (χ0) is 47.2. The number of ketones is 2. The van der Waals surface area contributed by atoms with Gasteiger partial charge in [-0.15, -0.1) is 0 Å². The molecule has 63 heavy (non-hydrogen) atoms. The molecule has 0 aromatic rings. The lowest BCUT2D eigenvalue weighted by molar-refractivity contribution is -0.117. The van der Waals surface area contributed by atoms with Gasteiger partial charge < -0.3 is 10.2 Å². The first-order valence-corrected chi connectivity index (χ1v) is 24.3. The number of carbonyl (C=O) groups is 2. The van der Waals surface area contributed by atoms with Crippen LogP contribution in [0.3, 0.4) is 0 Å². The third kappa shape index (κ3) is 26.5. The Hall–Kier alpha value is -3.86. The zero-order valence-electron chi connectivity index (χ0n) is 42.3. The quantitative estimate of drug-likeness (QED) is 0.0538. The predicted molar refractivity (Wildman–Crippen MR) is 275 cm³/mol. The number of aliphatic hydroxyl groups is 2. The maximum absolute atomic E-state index is 12.8. The average Bonchev–Trinajstić information content (AvgIpc) is 3.21. The number of allylic oxidation sites excluding steroid dienone is 22. The Morgan fingerprint density at radius 1 is 0.333 bits per heavy atom. The van der Waals surface area contributed by atoms with E-state index in [1.54, 1.807) is 6.92 Å². The maximum Gasteiger partial charge on any atom is 0.188 e. The summed E-state index contributed by atoms with van der Waals surface area (Å²) < 4.78 is 0. The van der Waals surface area contributed by atoms with Crippen molar-refractivity contribution in [3.05, 3.63) is 139 Å². The fraction of sp³-hybridized carbons (Fsp3) is 0.559. The van der Waals surface area contributed by atoms with Crippen LogP contribution in [0, 0.1) is 0 Å². The summed E-state index contributed by atoms with van der Waals surface area (Å²) in [4.78, 5) is 25.4. The van der Waals surface area contributed by atoms with Crippen molar-refractivity contribution in [2.24, 2.45) is 0 Å². The van der Waals surface area contributed by atoms with Crippen molar-refractivity contribution >= 4 is 11.6 Å². The van der Waals surface area contributed by atoms with E-state index in [-0.39, 0.29) is 22.7 Å². The largest absolute Gasteiger partial charge is 0.392 e. The molecule has 0 aromatic carbocycles. The first-order valence-electron chi connectivity index (χ1n) is 24.3. The van der Waals surface area contributed by atoms with Crippen LogP contribution in [0.25, 0.3) is 0 Å². The molecule has 0 fully saturated rings. The van der Waals surface area contributed by atoms with Gasteiger partial charge in [-0.05, 0) is 205 Å². The summed E-state index contributed by atoms with van der Waals surface area (Å²) in [6.07, 6.45) is 43.9. The molecule has 0 aliphatic heterocycles. The molecular weight excluding hydrogens is 773 g/mol. The fourth-order valence-corrected chi connectivity index (χ4v) is 7.72. The Bertz CT molecular complexity index is 1840. The van der Waals surface area contributed by atoms with Crippen LogP contribution < -0.4 is 0 Å². The Morgan fingerprint density at radius 2 is 0.556 bits per heavy atom. The van der Waals surface area contributed by atoms with Crippen LogP contribution in [0.4, 0.5) is 0 Å². The van der Waals surface area contributed by atoms with Crippen LogP contribution >= 0.6 is 0 Å². The van der Waals surface area contributed by atoms with Gasteiger partial charge in [0.15, 0.2) is 11.6 Å². The second-order valence-electron chi connectivity index (χ2n) is 18.8. The van der Waals surface area contributed by atoms with Gasteiger partial charge in [-0.2, -0.15) is 0 Å². The molecule has 0 bridgehead atoms. The fourth-order valence-electron chi connectivity index (χ4n) is 7.72. The molecule has 0 heterocycles. The highest BCUT2D eigenvalue weighted by atomic mass is 16.3. The summed E-state index contributed by atoms with van der Waals surface area (Å²) >= 11 is 0. The topological polar surface area (TPSA) is 74.6 Å². The van der Waals surface area contributed by atoms with Crippen molar-refractivity contribution < 1.29 is 19.8 Å². The minimum Gasteiger partial charge on any atom is -0.392 e. The Balaban J connectivity index is 2.31. The Morgan fingerprint density at radius 3 is 0.794 bits per heavy atom. The van der Waals surface area contributed by atoms with E-state index in [2.05, 4.69) is 131 Å². The normalized spacial score (nSPS) is 16.0. The number of hydrogen-bond acceptors (Lipinski definition) is 4. The predicted octanol–water partition coefficient (Wildman–Crippen LogP) is 16.6. The van der Waals surface area contributed by atoms with Crippen LogP contribution in [0.15, 0.2) is 139 Å². The van der Waals surface area contributed by atoms with Gasteiger partial charge in [0.2, 0.25) is 0 Å². The van der Waals surface area contributed by atoms with E-state index in [0.717, 1.165) is 108 Å². The van der Waals surface area contributed by atoms with E-state index in [0.29, 0.717) is 17.6 Å². The van der Waals surface area contributed by atoms with E-state index >= 15 is 0 Å². The molecular formula is C59H90O4. The van der Waals surface area contributed by atoms with Gasteiger partial charge in [-0.3, -0.25) is 9.59 Å². The molecule has 0 spiro atoms. The van der Waals surface area contributed by atoms with E-state index in [1.165, 1.54) is 63.0 Å². The zero-order valence-corrected chi connectivity index (χ0v) is 42.3. The standard InChI is InChI=1S/C59H90O4/c1-44(2)22-13-23-45(3)24-14-25-46(4)26-15-27-47(5)28-16-29-48(6)30-17-31-49(7)32-18-33-50(8)34-19-35-51(9)36-20-37-52(10)38-21-39-53(11)40-41-55-54(12)58(62)56(42-60)57(43-61)59(55)63/h22,24,26,28,30,32,34,36,38,40,60-61H,13-21,23,25,27,29,31,33,35,37,39,41-43H2,1-12H3. The third-order valence-corrected chi connectivity index (χ3v) is 12.3. The van der Waals surface area contributed by atoms with Crippen LogP contribution in [-0.2, 0) is 9.59 Å². The van der Waals surface area contributed by atoms with Crippen molar-refractivity contribution in [1.82, 2.24) is 0 Å². The first-order chi connectivity index (χ1) is 30.0. The Kier molecular flexibility index (Phi) is 30.5. The number of hydrogen-bond donors (Lipinski definition) is 2. The monoisotopic (exact) mass is 863 g/mol. The van der Waals surface area contributed by atoms with Gasteiger partial charge >= 0.3 is 0 Å². The number of carbonyl (C=O) groups excluding carboxylic acids is 2. The van der Waals surface area contributed by atoms with Crippen molar-refractivity contribution in [3.8, 4) is 0 Å². The molecule has 0 saturated heterocycles. The van der Waals surface area contributed by atoms with E-state index in [9.17, 15) is 19.8 Å². The lowest BCUT2D eigenvalue weighted by Gasteiger charge is -2.20. The molecule has 4 nitrogen and oxygen atoms in total. The van der Waals surface area contributed by atoms with E-state index < -0.39 is 13.2 Å². The molecule has 0 amide bonds. The summed E-state index contributed by atoms with van der Waals surface area (Å²) in [7, 11) is 0. The highest BCUT2D eigenvalue weighted by molar-refractivity contribution is 6.25. The van der Waals surface area contributed by atoms with Crippen molar-refractivity contribution in [1.29, 1.82) is 0 Å². The summed E-state index contributed by atoms with van der Waals surface area (Å²) in [5, 5.41) is 19.1. The highest BCUT2D eigenvalue weighted by Crippen LogP contribution is 2.28. The molecule has 1 rings (SSSR count). The summed E-state index contributed by atoms with van der Waals surface area (Å²) in [6.45, 7) is 25.1. The molecule has 0 aromatic heterocycles. The van der Waals surface area contributed by atoms with Gasteiger partial charge in [0.1, 0.15) is 0 Å². The van der Waals surface area contributed by atoms with Gasteiger partial charge in [0.25, 0.3) is 0 Å². The molecule has 1 aliphatic rings. The molecule has 350 valence electrons. The summed E-state index contributed by atoms with van der Waals surface area (Å²) in [6, 6.07) is 0. The van der Waals surface area contributed by atoms with E-state index in [4.69, 9.17) is 0 Å². The van der Waals surface area contributed by atoms with Gasteiger partial charge in [-0.25, -0.2) is 0 Å². The second-order valence-corrected chi connectivity index (χ2v) is 18.8. The first kappa shape index (κ1) is 57.2. The maximum atomic E-state index is 12.8. The molecule has 0 unspecified atom stereocenters. The van der Waals surface area contributed by atoms with Crippen LogP contribution in [0.5, 0.6) is 0 Å². The lowest BCUT2D eigenvalue weighted by Crippen LogP contribution is -2.26. The smallest absolute Gasteiger partial charge is 0.188 e. The minimum atomic E-state index is -0.540. The average molecular weight is 863 g/mol. The number of Topliss-reactive ketones (excluding diaryl/α,β-unsaturated/α-hetero) is 2. The van der Waals surface area contributed by atoms with Crippen molar-refractivity contribution in [2.75, 3.05) is 13.2 Å². The van der Waals surface area contributed by atoms with Gasteiger partial charge in [-0.1, -0.05) is 116 Å². The number of aliphatic hydroxyl groups excluding tert-OH is 2. The van der Waals surface area contributed by atoms with Crippen molar-refractivity contribution in [2.45, 2.75) is 205 Å². The van der Waals surface area contributed by atoms with Gasteiger partial charge in [0, 0.05) is 22.3 Å². The Labute approximate surface area is 387 Å². The second kappa shape index (κ2) is 33.6. The minimum absolute atomic E-state index is 0.0156. The van der Waals surface area contributed by atoms with Crippen molar-refractivity contribution in [3.63, 3.8) is 0 Å². The van der Waals surface area contributed by atoms with E-state index in [1.807, 2.05) is 6.08 Å². The van der Waals surface area contributed by atoms with Crippen LogP contribution in [0.1, 0.15) is 205 Å². The third-order valence-electron chi connectivity index (χ3n) is 12.3. The molecule has 2 N–H and O–H groups in total. The lowest BCUT2D eigenvalue weighted by atomic mass is 9.83. The van der Waals surface area contributed by atoms with Gasteiger partial charge in [0.05, 0.1) is 13.2 Å². The van der Waals surface area contributed by atoms with Crippen LogP contribution in [0.2, 0.25) is 0 Å². The molecule has 0 atom stereocenters. The molecule has 0 radical (unpaired) electrons.